The third-order valence-electron chi connectivity index (χ3n) is 3.81. The number of amides is 1. The number of hydrogen-bond donors (Lipinski definition) is 2. The molecule has 1 amide bonds. The average Bonchev–Trinajstić information content (AvgIpc) is 3.03. The lowest BCUT2D eigenvalue weighted by molar-refractivity contribution is -0.0251. The first-order valence-electron chi connectivity index (χ1n) is 6.54. The van der Waals surface area contributed by atoms with Crippen LogP contribution in [0, 0.1) is 0 Å². The molecule has 0 radical (unpaired) electrons. The fraction of sp³-hybridized carbons (Fsp3) is 0.429. The number of rotatable bonds is 3. The van der Waals surface area contributed by atoms with Crippen molar-refractivity contribution >= 4 is 27.5 Å². The van der Waals surface area contributed by atoms with Crippen LogP contribution in [0.3, 0.4) is 0 Å². The van der Waals surface area contributed by atoms with E-state index < -0.39 is 5.60 Å². The number of hydrogen-bond acceptors (Lipinski definition) is 5. The Morgan fingerprint density at radius 1 is 1.65 bits per heavy atom. The van der Waals surface area contributed by atoms with Crippen molar-refractivity contribution in [2.24, 2.45) is 0 Å². The molecule has 1 aliphatic heterocycles. The van der Waals surface area contributed by atoms with Gasteiger partial charge in [-0.1, -0.05) is 0 Å². The predicted molar refractivity (Wildman–Crippen MR) is 76.9 cm³/mol. The summed E-state index contributed by atoms with van der Waals surface area (Å²) >= 11 is 1.50. The zero-order valence-electron chi connectivity index (χ0n) is 11.1. The molecule has 106 valence electrons. The van der Waals surface area contributed by atoms with Crippen LogP contribution in [0.1, 0.15) is 23.7 Å². The summed E-state index contributed by atoms with van der Waals surface area (Å²) in [7, 11) is 0. The normalized spacial score (nSPS) is 26.0. The molecule has 1 aromatic heterocycles. The van der Waals surface area contributed by atoms with E-state index in [0.29, 0.717) is 18.6 Å². The standard InChI is InChI=1S/C14H16N2O3S/c1-9-14(18,4-5-19-9)7-15-13(17)10-2-3-11-12(6-10)20-8-16-11/h2-3,6,8-9,18H,4-5,7H2,1H3,(H,15,17). The first-order chi connectivity index (χ1) is 9.58. The van der Waals surface area contributed by atoms with E-state index in [4.69, 9.17) is 4.74 Å². The highest BCUT2D eigenvalue weighted by molar-refractivity contribution is 7.16. The van der Waals surface area contributed by atoms with Gasteiger partial charge in [0.2, 0.25) is 0 Å². The van der Waals surface area contributed by atoms with E-state index in [9.17, 15) is 9.90 Å². The molecule has 2 N–H and O–H groups in total. The zero-order valence-corrected chi connectivity index (χ0v) is 11.9. The molecule has 2 heterocycles. The molecule has 0 spiro atoms. The van der Waals surface area contributed by atoms with Gasteiger partial charge in [0, 0.05) is 25.1 Å². The molecule has 5 nitrogen and oxygen atoms in total. The van der Waals surface area contributed by atoms with Gasteiger partial charge in [-0.25, -0.2) is 4.98 Å². The molecule has 0 saturated carbocycles. The van der Waals surface area contributed by atoms with Crippen LogP contribution in [0.2, 0.25) is 0 Å². The van der Waals surface area contributed by atoms with Crippen LogP contribution in [0.25, 0.3) is 10.2 Å². The summed E-state index contributed by atoms with van der Waals surface area (Å²) < 4.78 is 6.33. The van der Waals surface area contributed by atoms with Gasteiger partial charge in [0.05, 0.1) is 21.8 Å². The molecule has 0 bridgehead atoms. The molecule has 2 atom stereocenters. The van der Waals surface area contributed by atoms with Gasteiger partial charge in [-0.3, -0.25) is 4.79 Å². The number of nitrogens with one attached hydrogen (secondary N) is 1. The van der Waals surface area contributed by atoms with E-state index in [1.165, 1.54) is 11.3 Å². The minimum Gasteiger partial charge on any atom is -0.385 e. The highest BCUT2D eigenvalue weighted by atomic mass is 32.1. The minimum absolute atomic E-state index is 0.187. The Morgan fingerprint density at radius 3 is 3.25 bits per heavy atom. The number of benzene rings is 1. The van der Waals surface area contributed by atoms with Crippen molar-refractivity contribution in [2.75, 3.05) is 13.2 Å². The lowest BCUT2D eigenvalue weighted by Crippen LogP contribution is -2.47. The lowest BCUT2D eigenvalue weighted by atomic mass is 9.96. The fourth-order valence-corrected chi connectivity index (χ4v) is 3.05. The largest absolute Gasteiger partial charge is 0.385 e. The Bertz CT molecular complexity index is 642. The lowest BCUT2D eigenvalue weighted by Gasteiger charge is -2.26. The summed E-state index contributed by atoms with van der Waals surface area (Å²) in [4.78, 5) is 16.3. The van der Waals surface area contributed by atoms with Gasteiger partial charge in [-0.05, 0) is 25.1 Å². The number of aromatic nitrogens is 1. The summed E-state index contributed by atoms with van der Waals surface area (Å²) in [5, 5.41) is 13.1. The van der Waals surface area contributed by atoms with E-state index in [-0.39, 0.29) is 18.6 Å². The molecule has 1 fully saturated rings. The van der Waals surface area contributed by atoms with E-state index in [0.717, 1.165) is 10.2 Å². The number of ether oxygens (including phenoxy) is 1. The molecule has 2 aromatic rings. The molecule has 1 aliphatic rings. The van der Waals surface area contributed by atoms with E-state index >= 15 is 0 Å². The maximum atomic E-state index is 12.1. The van der Waals surface area contributed by atoms with Crippen molar-refractivity contribution in [2.45, 2.75) is 25.0 Å². The number of nitrogens with zero attached hydrogens (tertiary/aromatic N) is 1. The topological polar surface area (TPSA) is 71.5 Å². The molecule has 1 aromatic carbocycles. The van der Waals surface area contributed by atoms with Crippen LogP contribution in [-0.4, -0.2) is 40.9 Å². The number of aliphatic hydroxyl groups is 1. The summed E-state index contributed by atoms with van der Waals surface area (Å²) in [6.45, 7) is 2.55. The van der Waals surface area contributed by atoms with Crippen LogP contribution in [-0.2, 0) is 4.74 Å². The molecular formula is C14H16N2O3S. The Kier molecular flexibility index (Phi) is 3.45. The second kappa shape index (κ2) is 5.12. The van der Waals surface area contributed by atoms with E-state index in [2.05, 4.69) is 10.3 Å². The van der Waals surface area contributed by atoms with Gasteiger partial charge in [-0.15, -0.1) is 11.3 Å². The van der Waals surface area contributed by atoms with Gasteiger partial charge in [0.15, 0.2) is 0 Å². The highest BCUT2D eigenvalue weighted by Gasteiger charge is 2.39. The first-order valence-corrected chi connectivity index (χ1v) is 7.42. The van der Waals surface area contributed by atoms with Crippen LogP contribution in [0.4, 0.5) is 0 Å². The minimum atomic E-state index is -0.968. The van der Waals surface area contributed by atoms with Gasteiger partial charge >= 0.3 is 0 Å². The third kappa shape index (κ3) is 2.42. The fourth-order valence-electron chi connectivity index (χ4n) is 2.33. The molecule has 3 rings (SSSR count). The van der Waals surface area contributed by atoms with Crippen LogP contribution in [0.5, 0.6) is 0 Å². The number of carbonyl (C=O) groups excluding carboxylic acids is 1. The summed E-state index contributed by atoms with van der Waals surface area (Å²) in [6.07, 6.45) is 0.286. The summed E-state index contributed by atoms with van der Waals surface area (Å²) in [5.74, 6) is -0.187. The molecule has 6 heteroatoms. The number of fused-ring (bicyclic) bond motifs is 1. The Balaban J connectivity index is 1.69. The summed E-state index contributed by atoms with van der Waals surface area (Å²) in [6, 6.07) is 5.40. The first kappa shape index (κ1) is 13.5. The van der Waals surface area contributed by atoms with Gasteiger partial charge < -0.3 is 15.2 Å². The Hall–Kier alpha value is -1.50. The second-order valence-electron chi connectivity index (χ2n) is 5.08. The van der Waals surface area contributed by atoms with Gasteiger partial charge in [0.25, 0.3) is 5.91 Å². The monoisotopic (exact) mass is 292 g/mol. The van der Waals surface area contributed by atoms with Crippen LogP contribution < -0.4 is 5.32 Å². The average molecular weight is 292 g/mol. The second-order valence-corrected chi connectivity index (χ2v) is 5.97. The Morgan fingerprint density at radius 2 is 2.50 bits per heavy atom. The van der Waals surface area contributed by atoms with Crippen LogP contribution in [0.15, 0.2) is 23.7 Å². The third-order valence-corrected chi connectivity index (χ3v) is 4.60. The van der Waals surface area contributed by atoms with Gasteiger partial charge in [-0.2, -0.15) is 0 Å². The maximum Gasteiger partial charge on any atom is 0.251 e. The summed E-state index contributed by atoms with van der Waals surface area (Å²) in [5.41, 5.74) is 2.26. The quantitative estimate of drug-likeness (QED) is 0.900. The van der Waals surface area contributed by atoms with Crippen molar-refractivity contribution in [1.82, 2.24) is 10.3 Å². The SMILES string of the molecule is CC1OCCC1(O)CNC(=O)c1ccc2ncsc2c1. The molecule has 0 aliphatic carbocycles. The van der Waals surface area contributed by atoms with Crippen LogP contribution >= 0.6 is 11.3 Å². The van der Waals surface area contributed by atoms with Crippen molar-refractivity contribution in [3.63, 3.8) is 0 Å². The maximum absolute atomic E-state index is 12.1. The molecule has 20 heavy (non-hydrogen) atoms. The van der Waals surface area contributed by atoms with Crippen molar-refractivity contribution in [3.8, 4) is 0 Å². The predicted octanol–water partition coefficient (Wildman–Crippen LogP) is 1.57. The number of carbonyl (C=O) groups is 1. The van der Waals surface area contributed by atoms with E-state index in [1.807, 2.05) is 19.1 Å². The molecular weight excluding hydrogens is 276 g/mol. The number of thiazole rings is 1. The highest BCUT2D eigenvalue weighted by Crippen LogP contribution is 2.25. The van der Waals surface area contributed by atoms with Crippen molar-refractivity contribution < 1.29 is 14.6 Å². The van der Waals surface area contributed by atoms with E-state index in [1.54, 1.807) is 11.6 Å². The Labute approximate surface area is 120 Å². The van der Waals surface area contributed by atoms with Gasteiger partial charge in [0.1, 0.15) is 5.60 Å². The molecule has 1 saturated heterocycles. The van der Waals surface area contributed by atoms with Crippen molar-refractivity contribution in [1.29, 1.82) is 0 Å². The zero-order chi connectivity index (χ0) is 14.2. The molecule has 2 unspecified atom stereocenters. The smallest absolute Gasteiger partial charge is 0.251 e. The van der Waals surface area contributed by atoms with Crippen molar-refractivity contribution in [3.05, 3.63) is 29.3 Å².